The molecule has 1 N–H and O–H groups in total. The summed E-state index contributed by atoms with van der Waals surface area (Å²) in [5.41, 5.74) is -0.156. The number of carboxylic acid groups (broad SMARTS) is 1. The van der Waals surface area contributed by atoms with Crippen molar-refractivity contribution in [2.24, 2.45) is 0 Å². The molecule has 0 amide bonds. The molecular formula is C14H9NO5S. The number of furan rings is 1. The Kier molecular flexibility index (Phi) is 3.19. The average Bonchev–Trinajstić information content (AvgIpc) is 2.92. The van der Waals surface area contributed by atoms with E-state index >= 15 is 0 Å². The summed E-state index contributed by atoms with van der Waals surface area (Å²) in [6, 6.07) is 8.24. The Morgan fingerprint density at radius 3 is 2.76 bits per heavy atom. The van der Waals surface area contributed by atoms with Crippen LogP contribution in [0.5, 0.6) is 0 Å². The number of hydrogen-bond acceptors (Lipinski definition) is 5. The zero-order valence-corrected chi connectivity index (χ0v) is 11.4. The maximum absolute atomic E-state index is 12.3. The van der Waals surface area contributed by atoms with Crippen molar-refractivity contribution in [1.82, 2.24) is 4.57 Å². The zero-order valence-electron chi connectivity index (χ0n) is 10.6. The van der Waals surface area contributed by atoms with E-state index in [0.717, 1.165) is 15.9 Å². The molecule has 21 heavy (non-hydrogen) atoms. The standard InChI is InChI=1S/C14H9NO5S/c16-12-9-3-1-2-4-10(9)21-14(19)15(12)7-8-5-6-20-11(8)13(17)18/h1-6H,7H2,(H,17,18). The van der Waals surface area contributed by atoms with Gasteiger partial charge >= 0.3 is 10.8 Å². The molecule has 0 aliphatic rings. The van der Waals surface area contributed by atoms with Gasteiger partial charge in [0.25, 0.3) is 5.56 Å². The largest absolute Gasteiger partial charge is 0.475 e. The van der Waals surface area contributed by atoms with Gasteiger partial charge in [-0.1, -0.05) is 23.5 Å². The maximum atomic E-state index is 12.3. The third kappa shape index (κ3) is 2.27. The van der Waals surface area contributed by atoms with Crippen LogP contribution in [-0.2, 0) is 6.54 Å². The lowest BCUT2D eigenvalue weighted by atomic mass is 10.2. The van der Waals surface area contributed by atoms with Gasteiger partial charge < -0.3 is 9.52 Å². The van der Waals surface area contributed by atoms with Crippen LogP contribution >= 0.6 is 11.3 Å². The number of rotatable bonds is 3. The van der Waals surface area contributed by atoms with E-state index in [2.05, 4.69) is 0 Å². The summed E-state index contributed by atoms with van der Waals surface area (Å²) < 4.78 is 6.48. The minimum Gasteiger partial charge on any atom is -0.475 e. The summed E-state index contributed by atoms with van der Waals surface area (Å²) in [6.07, 6.45) is 1.22. The van der Waals surface area contributed by atoms with E-state index in [-0.39, 0.29) is 17.9 Å². The van der Waals surface area contributed by atoms with Crippen molar-refractivity contribution in [1.29, 1.82) is 0 Å². The summed E-state index contributed by atoms with van der Waals surface area (Å²) in [4.78, 5) is 35.0. The van der Waals surface area contributed by atoms with Crippen LogP contribution in [0.2, 0.25) is 0 Å². The van der Waals surface area contributed by atoms with Gasteiger partial charge in [0.1, 0.15) is 0 Å². The molecule has 2 aromatic heterocycles. The molecule has 0 fully saturated rings. The first-order valence-electron chi connectivity index (χ1n) is 6.00. The van der Waals surface area contributed by atoms with E-state index in [4.69, 9.17) is 9.52 Å². The molecule has 0 atom stereocenters. The Bertz CT molecular complexity index is 950. The molecule has 1 aromatic carbocycles. The molecule has 6 nitrogen and oxygen atoms in total. The van der Waals surface area contributed by atoms with Gasteiger partial charge in [0, 0.05) is 10.3 Å². The third-order valence-corrected chi connectivity index (χ3v) is 4.02. The molecule has 0 radical (unpaired) electrons. The maximum Gasteiger partial charge on any atom is 0.372 e. The molecular weight excluding hydrogens is 294 g/mol. The molecule has 0 aliphatic heterocycles. The van der Waals surface area contributed by atoms with Crippen molar-refractivity contribution in [3.63, 3.8) is 0 Å². The van der Waals surface area contributed by atoms with Crippen molar-refractivity contribution < 1.29 is 14.3 Å². The fourth-order valence-corrected chi connectivity index (χ4v) is 2.92. The Morgan fingerprint density at radius 2 is 2.00 bits per heavy atom. The van der Waals surface area contributed by atoms with Crippen LogP contribution in [0.15, 0.2) is 50.6 Å². The monoisotopic (exact) mass is 303 g/mol. The van der Waals surface area contributed by atoms with Gasteiger partial charge in [-0.25, -0.2) is 4.79 Å². The molecule has 7 heteroatoms. The lowest BCUT2D eigenvalue weighted by molar-refractivity contribution is 0.0660. The second kappa shape index (κ2) is 5.02. The summed E-state index contributed by atoms with van der Waals surface area (Å²) in [7, 11) is 0. The fraction of sp³-hybridized carbons (Fsp3) is 0.0714. The van der Waals surface area contributed by atoms with Crippen LogP contribution in [0.4, 0.5) is 0 Å². The number of nitrogens with zero attached hydrogens (tertiary/aromatic N) is 1. The Balaban J connectivity index is 2.17. The number of aromatic carboxylic acids is 1. The van der Waals surface area contributed by atoms with Gasteiger partial charge in [0.05, 0.1) is 18.2 Å². The van der Waals surface area contributed by atoms with Crippen LogP contribution < -0.4 is 10.4 Å². The van der Waals surface area contributed by atoms with Gasteiger partial charge in [-0.15, -0.1) is 0 Å². The Labute approximate surface area is 121 Å². The number of carbonyl (C=O) groups is 1. The number of carboxylic acids is 1. The summed E-state index contributed by atoms with van der Waals surface area (Å²) in [5.74, 6) is -1.50. The predicted molar refractivity (Wildman–Crippen MR) is 77.1 cm³/mol. The minimum absolute atomic E-state index is 0.128. The normalized spacial score (nSPS) is 10.9. The lowest BCUT2D eigenvalue weighted by Crippen LogP contribution is -2.31. The molecule has 0 saturated carbocycles. The number of fused-ring (bicyclic) bond motifs is 1. The molecule has 2 heterocycles. The Hall–Kier alpha value is -2.67. The van der Waals surface area contributed by atoms with E-state index in [1.54, 1.807) is 24.3 Å². The molecule has 106 valence electrons. The second-order valence-corrected chi connectivity index (χ2v) is 5.33. The first-order chi connectivity index (χ1) is 10.1. The predicted octanol–water partition coefficient (Wildman–Crippen LogP) is 1.76. The molecule has 0 unspecified atom stereocenters. The van der Waals surface area contributed by atoms with Crippen molar-refractivity contribution >= 4 is 27.4 Å². The van der Waals surface area contributed by atoms with Crippen molar-refractivity contribution in [3.05, 3.63) is 67.9 Å². The highest BCUT2D eigenvalue weighted by atomic mass is 32.1. The summed E-state index contributed by atoms with van der Waals surface area (Å²) in [5, 5.41) is 9.42. The molecule has 0 aliphatic carbocycles. The SMILES string of the molecule is O=C(O)c1occc1Cn1c(=O)sc2ccccc2c1=O. The average molecular weight is 303 g/mol. The van der Waals surface area contributed by atoms with Crippen LogP contribution in [-0.4, -0.2) is 15.6 Å². The lowest BCUT2D eigenvalue weighted by Gasteiger charge is -2.04. The van der Waals surface area contributed by atoms with Crippen molar-refractivity contribution in [2.75, 3.05) is 0 Å². The van der Waals surface area contributed by atoms with Gasteiger partial charge in [-0.05, 0) is 18.2 Å². The summed E-state index contributed by atoms with van der Waals surface area (Å²) in [6.45, 7) is -0.128. The van der Waals surface area contributed by atoms with Gasteiger partial charge in [-0.2, -0.15) is 0 Å². The van der Waals surface area contributed by atoms with Gasteiger partial charge in [0.2, 0.25) is 5.76 Å². The van der Waals surface area contributed by atoms with Crippen LogP contribution in [0.1, 0.15) is 16.1 Å². The highest BCUT2D eigenvalue weighted by Crippen LogP contribution is 2.14. The summed E-state index contributed by atoms with van der Waals surface area (Å²) >= 11 is 0.948. The third-order valence-electron chi connectivity index (χ3n) is 3.05. The van der Waals surface area contributed by atoms with Gasteiger partial charge in [0.15, 0.2) is 0 Å². The molecule has 0 bridgehead atoms. The number of aromatic nitrogens is 1. The van der Waals surface area contributed by atoms with Crippen molar-refractivity contribution in [2.45, 2.75) is 6.54 Å². The number of hydrogen-bond donors (Lipinski definition) is 1. The van der Waals surface area contributed by atoms with Crippen LogP contribution in [0, 0.1) is 0 Å². The molecule has 0 saturated heterocycles. The topological polar surface area (TPSA) is 89.5 Å². The van der Waals surface area contributed by atoms with E-state index in [1.807, 2.05) is 0 Å². The first-order valence-corrected chi connectivity index (χ1v) is 6.82. The van der Waals surface area contributed by atoms with E-state index in [1.165, 1.54) is 12.3 Å². The van der Waals surface area contributed by atoms with Crippen LogP contribution in [0.25, 0.3) is 10.1 Å². The van der Waals surface area contributed by atoms with E-state index in [0.29, 0.717) is 10.1 Å². The highest BCUT2D eigenvalue weighted by molar-refractivity contribution is 7.16. The van der Waals surface area contributed by atoms with Gasteiger partial charge in [-0.3, -0.25) is 14.2 Å². The minimum atomic E-state index is -1.24. The quantitative estimate of drug-likeness (QED) is 0.796. The van der Waals surface area contributed by atoms with Crippen molar-refractivity contribution in [3.8, 4) is 0 Å². The zero-order chi connectivity index (χ0) is 15.0. The van der Waals surface area contributed by atoms with E-state index < -0.39 is 16.4 Å². The highest BCUT2D eigenvalue weighted by Gasteiger charge is 2.16. The smallest absolute Gasteiger partial charge is 0.372 e. The van der Waals surface area contributed by atoms with E-state index in [9.17, 15) is 14.4 Å². The van der Waals surface area contributed by atoms with Crippen LogP contribution in [0.3, 0.4) is 0 Å². The fourth-order valence-electron chi connectivity index (χ4n) is 2.06. The molecule has 0 spiro atoms. The Morgan fingerprint density at radius 1 is 1.24 bits per heavy atom. The first kappa shape index (κ1) is 13.3. The number of benzene rings is 1. The second-order valence-electron chi connectivity index (χ2n) is 4.34. The molecule has 3 rings (SSSR count). The molecule has 3 aromatic rings.